The average molecular weight is 313 g/mol. The summed E-state index contributed by atoms with van der Waals surface area (Å²) in [5, 5.41) is 12.3. The van der Waals surface area contributed by atoms with Crippen molar-refractivity contribution in [2.75, 3.05) is 18.0 Å². The minimum Gasteiger partial charge on any atom is -0.392 e. The molecule has 2 N–H and O–H groups in total. The zero-order valence-electron chi connectivity index (χ0n) is 10.3. The molecule has 1 aliphatic heterocycles. The Labute approximate surface area is 115 Å². The van der Waals surface area contributed by atoms with Gasteiger partial charge in [0.15, 0.2) is 0 Å². The Bertz CT molecular complexity index is 451. The van der Waals surface area contributed by atoms with E-state index < -0.39 is 0 Å². The summed E-state index contributed by atoms with van der Waals surface area (Å²) < 4.78 is 0.966. The second-order valence-corrected chi connectivity index (χ2v) is 5.48. The first-order chi connectivity index (χ1) is 8.60. The smallest absolute Gasteiger partial charge is 0.217 e. The van der Waals surface area contributed by atoms with Crippen LogP contribution >= 0.6 is 15.9 Å². The van der Waals surface area contributed by atoms with Gasteiger partial charge in [0, 0.05) is 41.8 Å². The van der Waals surface area contributed by atoms with Crippen LogP contribution in [-0.4, -0.2) is 30.1 Å². The van der Waals surface area contributed by atoms with Crippen LogP contribution in [0.2, 0.25) is 0 Å². The number of anilines is 1. The predicted octanol–water partition coefficient (Wildman–Crippen LogP) is 1.66. The molecular formula is C13H17BrN2O2. The van der Waals surface area contributed by atoms with Gasteiger partial charge in [-0.15, -0.1) is 0 Å². The summed E-state index contributed by atoms with van der Waals surface area (Å²) in [4.78, 5) is 13.2. The van der Waals surface area contributed by atoms with Gasteiger partial charge in [-0.1, -0.05) is 15.9 Å². The number of aliphatic hydroxyl groups is 1. The van der Waals surface area contributed by atoms with E-state index in [0.29, 0.717) is 0 Å². The van der Waals surface area contributed by atoms with Crippen LogP contribution in [0.15, 0.2) is 22.7 Å². The lowest BCUT2D eigenvalue weighted by Crippen LogP contribution is -2.35. The highest BCUT2D eigenvalue weighted by Gasteiger charge is 2.24. The largest absolute Gasteiger partial charge is 0.392 e. The van der Waals surface area contributed by atoms with Crippen molar-refractivity contribution < 1.29 is 9.90 Å². The van der Waals surface area contributed by atoms with E-state index in [-0.39, 0.29) is 18.6 Å². The highest BCUT2D eigenvalue weighted by atomic mass is 79.9. The standard InChI is InChI=1S/C13H17BrN2O2/c1-9(18)15-12-4-5-16(7-12)13-3-2-11(14)6-10(13)8-17/h2-3,6,12,17H,4-5,7-8H2,1H3,(H,15,18). The number of nitrogens with zero attached hydrogens (tertiary/aromatic N) is 1. The number of rotatable bonds is 3. The van der Waals surface area contributed by atoms with Gasteiger partial charge in [-0.3, -0.25) is 4.79 Å². The fourth-order valence-electron chi connectivity index (χ4n) is 2.37. The Morgan fingerprint density at radius 3 is 3.06 bits per heavy atom. The first kappa shape index (κ1) is 13.4. The van der Waals surface area contributed by atoms with E-state index in [1.165, 1.54) is 0 Å². The molecular weight excluding hydrogens is 296 g/mol. The number of aliphatic hydroxyl groups excluding tert-OH is 1. The van der Waals surface area contributed by atoms with Crippen molar-refractivity contribution in [3.05, 3.63) is 28.2 Å². The molecule has 1 aromatic carbocycles. The maximum absolute atomic E-state index is 11.0. The second kappa shape index (κ2) is 5.71. The van der Waals surface area contributed by atoms with Crippen LogP contribution in [0.1, 0.15) is 18.9 Å². The first-order valence-electron chi connectivity index (χ1n) is 6.01. The number of amides is 1. The fraction of sp³-hybridized carbons (Fsp3) is 0.462. The molecule has 1 aliphatic rings. The molecule has 0 radical (unpaired) electrons. The van der Waals surface area contributed by atoms with E-state index in [2.05, 4.69) is 26.1 Å². The first-order valence-corrected chi connectivity index (χ1v) is 6.81. The third-order valence-electron chi connectivity index (χ3n) is 3.15. The third-order valence-corrected chi connectivity index (χ3v) is 3.64. The molecule has 4 nitrogen and oxygen atoms in total. The van der Waals surface area contributed by atoms with Crippen molar-refractivity contribution in [3.8, 4) is 0 Å². The van der Waals surface area contributed by atoms with Gasteiger partial charge >= 0.3 is 0 Å². The molecule has 98 valence electrons. The van der Waals surface area contributed by atoms with E-state index in [4.69, 9.17) is 0 Å². The summed E-state index contributed by atoms with van der Waals surface area (Å²) in [7, 11) is 0. The molecule has 0 saturated carbocycles. The topological polar surface area (TPSA) is 52.6 Å². The van der Waals surface area contributed by atoms with Gasteiger partial charge < -0.3 is 15.3 Å². The highest BCUT2D eigenvalue weighted by Crippen LogP contribution is 2.27. The van der Waals surface area contributed by atoms with Crippen LogP contribution < -0.4 is 10.2 Å². The third kappa shape index (κ3) is 3.03. The molecule has 0 bridgehead atoms. The van der Waals surface area contributed by atoms with E-state index in [1.807, 2.05) is 18.2 Å². The molecule has 1 atom stereocenters. The van der Waals surface area contributed by atoms with Gasteiger partial charge in [-0.05, 0) is 24.6 Å². The molecule has 1 unspecified atom stereocenters. The van der Waals surface area contributed by atoms with Gasteiger partial charge in [-0.25, -0.2) is 0 Å². The molecule has 0 aliphatic carbocycles. The number of benzene rings is 1. The summed E-state index contributed by atoms with van der Waals surface area (Å²) in [6.07, 6.45) is 0.945. The van der Waals surface area contributed by atoms with Gasteiger partial charge in [-0.2, -0.15) is 0 Å². The number of carbonyl (C=O) groups is 1. The Morgan fingerprint density at radius 1 is 1.61 bits per heavy atom. The monoisotopic (exact) mass is 312 g/mol. The van der Waals surface area contributed by atoms with Gasteiger partial charge in [0.1, 0.15) is 0 Å². The van der Waals surface area contributed by atoms with Crippen LogP contribution in [0.4, 0.5) is 5.69 Å². The molecule has 1 fully saturated rings. The van der Waals surface area contributed by atoms with Crippen LogP contribution in [0, 0.1) is 0 Å². The predicted molar refractivity (Wildman–Crippen MR) is 74.5 cm³/mol. The van der Waals surface area contributed by atoms with E-state index in [0.717, 1.165) is 35.2 Å². The summed E-state index contributed by atoms with van der Waals surface area (Å²) in [5.74, 6) is 0.0139. The van der Waals surface area contributed by atoms with Crippen molar-refractivity contribution in [2.45, 2.75) is 26.0 Å². The van der Waals surface area contributed by atoms with Crippen molar-refractivity contribution in [2.24, 2.45) is 0 Å². The van der Waals surface area contributed by atoms with Crippen molar-refractivity contribution in [3.63, 3.8) is 0 Å². The minimum absolute atomic E-state index is 0.0139. The number of halogens is 1. The van der Waals surface area contributed by atoms with Gasteiger partial charge in [0.2, 0.25) is 5.91 Å². The zero-order valence-corrected chi connectivity index (χ0v) is 11.9. The summed E-state index contributed by atoms with van der Waals surface area (Å²) >= 11 is 3.40. The summed E-state index contributed by atoms with van der Waals surface area (Å²) in [6, 6.07) is 6.12. The Balaban J connectivity index is 2.11. The quantitative estimate of drug-likeness (QED) is 0.892. The van der Waals surface area contributed by atoms with Crippen LogP contribution in [0.3, 0.4) is 0 Å². The molecule has 1 heterocycles. The average Bonchev–Trinajstić information content (AvgIpc) is 2.76. The molecule has 2 rings (SSSR count). The van der Waals surface area contributed by atoms with Gasteiger partial charge in [0.25, 0.3) is 0 Å². The van der Waals surface area contributed by atoms with Crippen LogP contribution in [0.5, 0.6) is 0 Å². The van der Waals surface area contributed by atoms with Gasteiger partial charge in [0.05, 0.1) is 6.61 Å². The van der Waals surface area contributed by atoms with Crippen LogP contribution in [0.25, 0.3) is 0 Å². The molecule has 0 spiro atoms. The zero-order chi connectivity index (χ0) is 13.1. The normalized spacial score (nSPS) is 19.1. The number of hydrogen-bond acceptors (Lipinski definition) is 3. The van der Waals surface area contributed by atoms with E-state index in [1.54, 1.807) is 6.92 Å². The summed E-state index contributed by atoms with van der Waals surface area (Å²) in [6.45, 7) is 3.27. The maximum Gasteiger partial charge on any atom is 0.217 e. The number of carbonyl (C=O) groups excluding carboxylic acids is 1. The van der Waals surface area contributed by atoms with Crippen LogP contribution in [-0.2, 0) is 11.4 Å². The SMILES string of the molecule is CC(=O)NC1CCN(c2ccc(Br)cc2CO)C1. The number of hydrogen-bond donors (Lipinski definition) is 2. The Kier molecular flexibility index (Phi) is 4.24. The number of nitrogens with one attached hydrogen (secondary N) is 1. The minimum atomic E-state index is 0.0139. The van der Waals surface area contributed by atoms with Crippen molar-refractivity contribution in [1.29, 1.82) is 0 Å². The Hall–Kier alpha value is -1.07. The molecule has 5 heteroatoms. The van der Waals surface area contributed by atoms with E-state index in [9.17, 15) is 9.90 Å². The lowest BCUT2D eigenvalue weighted by atomic mass is 10.1. The van der Waals surface area contributed by atoms with Crippen molar-refractivity contribution >= 4 is 27.5 Å². The highest BCUT2D eigenvalue weighted by molar-refractivity contribution is 9.10. The summed E-state index contributed by atoms with van der Waals surface area (Å²) in [5.41, 5.74) is 1.96. The molecule has 1 saturated heterocycles. The molecule has 18 heavy (non-hydrogen) atoms. The maximum atomic E-state index is 11.0. The fourth-order valence-corrected chi connectivity index (χ4v) is 2.78. The van der Waals surface area contributed by atoms with E-state index >= 15 is 0 Å². The Morgan fingerprint density at radius 2 is 2.39 bits per heavy atom. The lowest BCUT2D eigenvalue weighted by Gasteiger charge is -2.21. The molecule has 1 aromatic rings. The second-order valence-electron chi connectivity index (χ2n) is 4.56. The molecule has 1 amide bonds. The lowest BCUT2D eigenvalue weighted by molar-refractivity contribution is -0.119. The molecule has 0 aromatic heterocycles. The van der Waals surface area contributed by atoms with Crippen molar-refractivity contribution in [1.82, 2.24) is 5.32 Å².